The number of nitrogens with one attached hydrogen (secondary N) is 1. The van der Waals surface area contributed by atoms with E-state index in [2.05, 4.69) is 5.32 Å². The van der Waals surface area contributed by atoms with Gasteiger partial charge in [0.1, 0.15) is 5.60 Å². The molecule has 2 fully saturated rings. The van der Waals surface area contributed by atoms with E-state index in [0.29, 0.717) is 25.9 Å². The number of piperidine rings is 2. The van der Waals surface area contributed by atoms with Crippen molar-refractivity contribution in [2.75, 3.05) is 26.2 Å². The molecular formula is C14H24F2N2O2. The lowest BCUT2D eigenvalue weighted by Crippen LogP contribution is -2.60. The van der Waals surface area contributed by atoms with Crippen molar-refractivity contribution >= 4 is 6.09 Å². The maximum absolute atomic E-state index is 14.3. The summed E-state index contributed by atoms with van der Waals surface area (Å²) >= 11 is 0. The Labute approximate surface area is 118 Å². The first kappa shape index (κ1) is 15.5. The minimum atomic E-state index is -2.70. The van der Waals surface area contributed by atoms with Crippen LogP contribution in [0.4, 0.5) is 13.6 Å². The normalized spacial score (nSPS) is 25.6. The lowest BCUT2D eigenvalue weighted by atomic mass is 9.70. The number of carbonyl (C=O) groups excluding carboxylic acids is 1. The van der Waals surface area contributed by atoms with Gasteiger partial charge in [0, 0.05) is 19.5 Å². The molecule has 4 nitrogen and oxygen atoms in total. The molecule has 1 N–H and O–H groups in total. The number of alkyl halides is 2. The molecule has 0 aliphatic carbocycles. The fourth-order valence-corrected chi connectivity index (χ4v) is 3.01. The zero-order valence-electron chi connectivity index (χ0n) is 12.5. The summed E-state index contributed by atoms with van der Waals surface area (Å²) < 4.78 is 33.9. The summed E-state index contributed by atoms with van der Waals surface area (Å²) in [6.07, 6.45) is 0.0519. The Morgan fingerprint density at radius 2 is 1.80 bits per heavy atom. The van der Waals surface area contributed by atoms with Gasteiger partial charge in [-0.25, -0.2) is 13.6 Å². The second-order valence-electron chi connectivity index (χ2n) is 6.89. The van der Waals surface area contributed by atoms with Gasteiger partial charge in [-0.1, -0.05) is 0 Å². The molecule has 1 amide bonds. The largest absolute Gasteiger partial charge is 0.444 e. The lowest BCUT2D eigenvalue weighted by molar-refractivity contribution is -0.175. The fraction of sp³-hybridized carbons (Fsp3) is 0.929. The average molecular weight is 290 g/mol. The maximum atomic E-state index is 14.3. The van der Waals surface area contributed by atoms with E-state index in [1.807, 2.05) is 0 Å². The predicted molar refractivity (Wildman–Crippen MR) is 71.9 cm³/mol. The van der Waals surface area contributed by atoms with E-state index in [4.69, 9.17) is 4.74 Å². The SMILES string of the molecule is CC(C)(C)OC(=O)N1CCC(F)(F)C2(CCNCC2)C1. The van der Waals surface area contributed by atoms with Crippen molar-refractivity contribution in [1.82, 2.24) is 10.2 Å². The van der Waals surface area contributed by atoms with E-state index in [0.717, 1.165) is 0 Å². The first-order chi connectivity index (χ1) is 9.15. The molecule has 116 valence electrons. The van der Waals surface area contributed by atoms with Crippen LogP contribution in [0, 0.1) is 5.41 Å². The highest BCUT2D eigenvalue weighted by molar-refractivity contribution is 5.68. The van der Waals surface area contributed by atoms with Crippen molar-refractivity contribution in [2.45, 2.75) is 51.6 Å². The summed E-state index contributed by atoms with van der Waals surface area (Å²) in [6, 6.07) is 0. The van der Waals surface area contributed by atoms with E-state index >= 15 is 0 Å². The van der Waals surface area contributed by atoms with Crippen LogP contribution >= 0.6 is 0 Å². The van der Waals surface area contributed by atoms with Gasteiger partial charge in [0.15, 0.2) is 0 Å². The van der Waals surface area contributed by atoms with Gasteiger partial charge < -0.3 is 15.0 Å². The molecule has 0 atom stereocenters. The lowest BCUT2D eigenvalue weighted by Gasteiger charge is -2.49. The first-order valence-corrected chi connectivity index (χ1v) is 7.22. The predicted octanol–water partition coefficient (Wildman–Crippen LogP) is 2.63. The first-order valence-electron chi connectivity index (χ1n) is 7.22. The molecule has 20 heavy (non-hydrogen) atoms. The minimum Gasteiger partial charge on any atom is -0.444 e. The van der Waals surface area contributed by atoms with Crippen LogP contribution in [0.25, 0.3) is 0 Å². The fourth-order valence-electron chi connectivity index (χ4n) is 3.01. The molecule has 0 bridgehead atoms. The summed E-state index contributed by atoms with van der Waals surface area (Å²) in [5.41, 5.74) is -1.69. The zero-order valence-corrected chi connectivity index (χ0v) is 12.5. The summed E-state index contributed by atoms with van der Waals surface area (Å²) in [6.45, 7) is 6.67. The van der Waals surface area contributed by atoms with Crippen LogP contribution in [0.1, 0.15) is 40.0 Å². The molecule has 6 heteroatoms. The third-order valence-electron chi connectivity index (χ3n) is 4.18. The molecule has 2 rings (SSSR count). The third kappa shape index (κ3) is 3.05. The Morgan fingerprint density at radius 1 is 1.20 bits per heavy atom. The molecule has 0 saturated carbocycles. The number of hydrogen-bond acceptors (Lipinski definition) is 3. The van der Waals surface area contributed by atoms with Crippen molar-refractivity contribution in [3.8, 4) is 0 Å². The van der Waals surface area contributed by atoms with Gasteiger partial charge in [-0.2, -0.15) is 0 Å². The van der Waals surface area contributed by atoms with Gasteiger partial charge in [-0.3, -0.25) is 0 Å². The number of rotatable bonds is 0. The Bertz CT molecular complexity index is 374. The molecule has 2 heterocycles. The Balaban J connectivity index is 2.10. The summed E-state index contributed by atoms with van der Waals surface area (Å²) in [7, 11) is 0. The van der Waals surface area contributed by atoms with Crippen LogP contribution in [0.3, 0.4) is 0 Å². The molecule has 1 spiro atoms. The molecule has 0 aromatic carbocycles. The second kappa shape index (κ2) is 5.13. The highest BCUT2D eigenvalue weighted by Gasteiger charge is 2.57. The molecular weight excluding hydrogens is 266 g/mol. The Hall–Kier alpha value is -0.910. The number of likely N-dealkylation sites (tertiary alicyclic amines) is 1. The van der Waals surface area contributed by atoms with Gasteiger partial charge in [0.05, 0.1) is 5.41 Å². The van der Waals surface area contributed by atoms with E-state index < -0.39 is 23.0 Å². The standard InChI is InChI=1S/C14H24F2N2O2/c1-12(2,3)20-11(19)18-9-6-14(15,16)13(10-18)4-7-17-8-5-13/h17H,4-10H2,1-3H3. The second-order valence-corrected chi connectivity index (χ2v) is 6.89. The third-order valence-corrected chi connectivity index (χ3v) is 4.18. The Morgan fingerprint density at radius 3 is 2.35 bits per heavy atom. The summed E-state index contributed by atoms with van der Waals surface area (Å²) in [5.74, 6) is -2.70. The molecule has 0 radical (unpaired) electrons. The maximum Gasteiger partial charge on any atom is 0.410 e. The summed E-state index contributed by atoms with van der Waals surface area (Å²) in [5, 5.41) is 3.11. The van der Waals surface area contributed by atoms with Crippen LogP contribution in [-0.4, -0.2) is 48.7 Å². The average Bonchev–Trinajstić information content (AvgIpc) is 2.32. The zero-order chi connectivity index (χ0) is 15.0. The van der Waals surface area contributed by atoms with E-state index in [-0.39, 0.29) is 19.5 Å². The number of nitrogens with zero attached hydrogens (tertiary/aromatic N) is 1. The monoisotopic (exact) mass is 290 g/mol. The number of amides is 1. The minimum absolute atomic E-state index is 0.0666. The number of ether oxygens (including phenoxy) is 1. The van der Waals surface area contributed by atoms with Gasteiger partial charge in [-0.05, 0) is 46.7 Å². The Kier molecular flexibility index (Phi) is 3.97. The number of hydrogen-bond donors (Lipinski definition) is 1. The van der Waals surface area contributed by atoms with Crippen molar-refractivity contribution in [1.29, 1.82) is 0 Å². The number of halogens is 2. The smallest absolute Gasteiger partial charge is 0.410 e. The summed E-state index contributed by atoms with van der Waals surface area (Å²) in [4.78, 5) is 13.5. The molecule has 0 aromatic heterocycles. The van der Waals surface area contributed by atoms with E-state index in [9.17, 15) is 13.6 Å². The van der Waals surface area contributed by atoms with Crippen LogP contribution in [-0.2, 0) is 4.74 Å². The van der Waals surface area contributed by atoms with Gasteiger partial charge in [-0.15, -0.1) is 0 Å². The molecule has 2 aliphatic rings. The van der Waals surface area contributed by atoms with Crippen molar-refractivity contribution in [3.63, 3.8) is 0 Å². The van der Waals surface area contributed by atoms with Crippen LogP contribution < -0.4 is 5.32 Å². The highest BCUT2D eigenvalue weighted by atomic mass is 19.3. The van der Waals surface area contributed by atoms with Gasteiger partial charge in [0.25, 0.3) is 5.92 Å². The van der Waals surface area contributed by atoms with Gasteiger partial charge >= 0.3 is 6.09 Å². The molecule has 0 unspecified atom stereocenters. The van der Waals surface area contributed by atoms with E-state index in [1.165, 1.54) is 4.90 Å². The van der Waals surface area contributed by atoms with Crippen molar-refractivity contribution in [2.24, 2.45) is 5.41 Å². The van der Waals surface area contributed by atoms with Crippen LogP contribution in [0.2, 0.25) is 0 Å². The molecule has 0 aromatic rings. The van der Waals surface area contributed by atoms with Crippen LogP contribution in [0.5, 0.6) is 0 Å². The van der Waals surface area contributed by atoms with Gasteiger partial charge in [0.2, 0.25) is 0 Å². The van der Waals surface area contributed by atoms with Crippen molar-refractivity contribution in [3.05, 3.63) is 0 Å². The quantitative estimate of drug-likeness (QED) is 0.745. The highest BCUT2D eigenvalue weighted by Crippen LogP contribution is 2.49. The molecule has 2 aliphatic heterocycles. The van der Waals surface area contributed by atoms with E-state index in [1.54, 1.807) is 20.8 Å². The van der Waals surface area contributed by atoms with Crippen LogP contribution in [0.15, 0.2) is 0 Å². The number of carbonyl (C=O) groups is 1. The van der Waals surface area contributed by atoms with Crippen molar-refractivity contribution < 1.29 is 18.3 Å². The topological polar surface area (TPSA) is 41.6 Å². The molecule has 2 saturated heterocycles.